The van der Waals surface area contributed by atoms with Crippen LogP contribution in [0, 0.1) is 0 Å². The van der Waals surface area contributed by atoms with Gasteiger partial charge in [0.1, 0.15) is 4.88 Å². The van der Waals surface area contributed by atoms with Gasteiger partial charge >= 0.3 is 0 Å². The molecule has 0 aliphatic rings. The molecule has 0 aliphatic carbocycles. The highest BCUT2D eigenvalue weighted by Gasteiger charge is 2.16. The summed E-state index contributed by atoms with van der Waals surface area (Å²) in [5, 5.41) is 5.30. The molecule has 0 fully saturated rings. The molecule has 3 aromatic rings. The third-order valence-electron chi connectivity index (χ3n) is 3.54. The summed E-state index contributed by atoms with van der Waals surface area (Å²) in [6.07, 6.45) is 1.50. The summed E-state index contributed by atoms with van der Waals surface area (Å²) in [5.74, 6) is 0.775. The zero-order valence-corrected chi connectivity index (χ0v) is 15.1. The van der Waals surface area contributed by atoms with E-state index in [0.29, 0.717) is 27.0 Å². The van der Waals surface area contributed by atoms with Crippen molar-refractivity contribution in [3.05, 3.63) is 57.9 Å². The number of hydrazone groups is 1. The van der Waals surface area contributed by atoms with Crippen LogP contribution in [0.1, 0.15) is 15.2 Å². The van der Waals surface area contributed by atoms with Gasteiger partial charge in [0.2, 0.25) is 0 Å². The number of para-hydroxylation sites is 1. The zero-order chi connectivity index (χ0) is 17.8. The number of hydrogen-bond donors (Lipinski definition) is 1. The van der Waals surface area contributed by atoms with Crippen molar-refractivity contribution >= 4 is 45.1 Å². The van der Waals surface area contributed by atoms with E-state index in [1.165, 1.54) is 17.6 Å². The van der Waals surface area contributed by atoms with Crippen LogP contribution in [0.4, 0.5) is 0 Å². The predicted octanol–water partition coefficient (Wildman–Crippen LogP) is 4.34. The first-order valence-corrected chi connectivity index (χ1v) is 8.56. The molecule has 0 bridgehead atoms. The normalized spacial score (nSPS) is 11.0. The monoisotopic (exact) mass is 374 g/mol. The lowest BCUT2D eigenvalue weighted by molar-refractivity contribution is 0.0959. The Balaban J connectivity index is 1.80. The Labute approximate surface area is 153 Å². The first-order valence-electron chi connectivity index (χ1n) is 7.37. The van der Waals surface area contributed by atoms with Crippen LogP contribution in [0.2, 0.25) is 5.02 Å². The maximum atomic E-state index is 12.3. The van der Waals surface area contributed by atoms with E-state index in [4.69, 9.17) is 21.1 Å². The maximum absolute atomic E-state index is 12.3. The first-order chi connectivity index (χ1) is 12.2. The summed E-state index contributed by atoms with van der Waals surface area (Å²) in [5.41, 5.74) is 3.18. The Morgan fingerprint density at radius 1 is 1.16 bits per heavy atom. The van der Waals surface area contributed by atoms with Crippen molar-refractivity contribution in [2.75, 3.05) is 14.2 Å². The van der Waals surface area contributed by atoms with E-state index >= 15 is 0 Å². The van der Waals surface area contributed by atoms with E-state index in [-0.39, 0.29) is 5.91 Å². The van der Waals surface area contributed by atoms with Crippen molar-refractivity contribution < 1.29 is 14.3 Å². The highest BCUT2D eigenvalue weighted by molar-refractivity contribution is 7.21. The highest BCUT2D eigenvalue weighted by Crippen LogP contribution is 2.35. The number of thiophene rings is 1. The Kier molecular flexibility index (Phi) is 5.21. The fraction of sp³-hybridized carbons (Fsp3) is 0.111. The molecule has 25 heavy (non-hydrogen) atoms. The number of nitrogens with one attached hydrogen (secondary N) is 1. The Morgan fingerprint density at radius 2 is 1.96 bits per heavy atom. The number of halogens is 1. The molecular formula is C18H15ClN2O3S. The van der Waals surface area contributed by atoms with Gasteiger partial charge in [-0.3, -0.25) is 4.79 Å². The molecule has 1 heterocycles. The van der Waals surface area contributed by atoms with E-state index in [2.05, 4.69) is 10.5 Å². The van der Waals surface area contributed by atoms with Crippen LogP contribution >= 0.6 is 22.9 Å². The quantitative estimate of drug-likeness (QED) is 0.534. The number of carbonyl (C=O) groups is 1. The van der Waals surface area contributed by atoms with Crippen molar-refractivity contribution in [3.8, 4) is 11.5 Å². The Morgan fingerprint density at radius 3 is 2.68 bits per heavy atom. The topological polar surface area (TPSA) is 59.9 Å². The van der Waals surface area contributed by atoms with Crippen molar-refractivity contribution in [1.82, 2.24) is 5.43 Å². The van der Waals surface area contributed by atoms with Crippen LogP contribution in [-0.4, -0.2) is 26.3 Å². The Hall–Kier alpha value is -2.57. The van der Waals surface area contributed by atoms with Crippen LogP contribution in [0.3, 0.4) is 0 Å². The third-order valence-corrected chi connectivity index (χ3v) is 5.22. The number of hydrogen-bond acceptors (Lipinski definition) is 5. The highest BCUT2D eigenvalue weighted by atomic mass is 35.5. The van der Waals surface area contributed by atoms with E-state index in [9.17, 15) is 4.79 Å². The number of methoxy groups -OCH3 is 2. The molecule has 1 N–H and O–H groups in total. The number of fused-ring (bicyclic) bond motifs is 1. The summed E-state index contributed by atoms with van der Waals surface area (Å²) in [4.78, 5) is 12.8. The average Bonchev–Trinajstić information content (AvgIpc) is 2.98. The van der Waals surface area contributed by atoms with E-state index in [1.54, 1.807) is 20.3 Å². The SMILES string of the molecule is COc1cccc(/C=N/NC(=O)c2sc3ccccc3c2Cl)c1OC. The maximum Gasteiger partial charge on any atom is 0.283 e. The van der Waals surface area contributed by atoms with Gasteiger partial charge in [-0.15, -0.1) is 11.3 Å². The molecule has 5 nitrogen and oxygen atoms in total. The summed E-state index contributed by atoms with van der Waals surface area (Å²) >= 11 is 7.63. The minimum atomic E-state index is -0.357. The largest absolute Gasteiger partial charge is 0.493 e. The first kappa shape index (κ1) is 17.3. The molecule has 3 rings (SSSR count). The molecule has 128 valence electrons. The minimum absolute atomic E-state index is 0.357. The lowest BCUT2D eigenvalue weighted by atomic mass is 10.2. The van der Waals surface area contributed by atoms with Crippen LogP contribution in [0.5, 0.6) is 11.5 Å². The molecule has 1 amide bonds. The van der Waals surface area contributed by atoms with Gasteiger partial charge in [0, 0.05) is 15.6 Å². The number of ether oxygens (including phenoxy) is 2. The summed E-state index contributed by atoms with van der Waals surface area (Å²) in [6.45, 7) is 0. The van der Waals surface area contributed by atoms with Gasteiger partial charge in [0.15, 0.2) is 11.5 Å². The zero-order valence-electron chi connectivity index (χ0n) is 13.6. The summed E-state index contributed by atoms with van der Waals surface area (Å²) in [6, 6.07) is 13.0. The predicted molar refractivity (Wildman–Crippen MR) is 101 cm³/mol. The van der Waals surface area contributed by atoms with Crippen molar-refractivity contribution in [1.29, 1.82) is 0 Å². The van der Waals surface area contributed by atoms with Crippen molar-refractivity contribution in [2.24, 2.45) is 5.10 Å². The van der Waals surface area contributed by atoms with Gasteiger partial charge < -0.3 is 9.47 Å². The van der Waals surface area contributed by atoms with Crippen LogP contribution in [-0.2, 0) is 0 Å². The van der Waals surface area contributed by atoms with Gasteiger partial charge in [-0.1, -0.05) is 35.9 Å². The molecule has 0 aliphatic heterocycles. The lowest BCUT2D eigenvalue weighted by Crippen LogP contribution is -2.16. The molecule has 0 atom stereocenters. The smallest absolute Gasteiger partial charge is 0.283 e. The van der Waals surface area contributed by atoms with Crippen LogP contribution < -0.4 is 14.9 Å². The van der Waals surface area contributed by atoms with Crippen LogP contribution in [0.25, 0.3) is 10.1 Å². The lowest BCUT2D eigenvalue weighted by Gasteiger charge is -2.09. The minimum Gasteiger partial charge on any atom is -0.493 e. The molecule has 0 radical (unpaired) electrons. The number of amides is 1. The van der Waals surface area contributed by atoms with E-state index in [1.807, 2.05) is 36.4 Å². The summed E-state index contributed by atoms with van der Waals surface area (Å²) in [7, 11) is 3.11. The van der Waals surface area contributed by atoms with Crippen molar-refractivity contribution in [2.45, 2.75) is 0 Å². The molecule has 0 spiro atoms. The second-order valence-corrected chi connectivity index (χ2v) is 6.45. The van der Waals surface area contributed by atoms with E-state index < -0.39 is 0 Å². The average molecular weight is 375 g/mol. The second-order valence-electron chi connectivity index (χ2n) is 5.02. The van der Waals surface area contributed by atoms with Gasteiger partial charge in [-0.2, -0.15) is 5.10 Å². The molecule has 0 unspecified atom stereocenters. The summed E-state index contributed by atoms with van der Waals surface area (Å²) < 4.78 is 11.5. The number of carbonyl (C=O) groups excluding carboxylic acids is 1. The fourth-order valence-electron chi connectivity index (χ4n) is 2.38. The Bertz CT molecular complexity index is 953. The number of benzene rings is 2. The molecule has 2 aromatic carbocycles. The molecule has 7 heteroatoms. The van der Waals surface area contributed by atoms with Crippen molar-refractivity contribution in [3.63, 3.8) is 0 Å². The van der Waals surface area contributed by atoms with Crippen LogP contribution in [0.15, 0.2) is 47.6 Å². The van der Waals surface area contributed by atoms with Gasteiger partial charge in [-0.25, -0.2) is 5.43 Å². The fourth-order valence-corrected chi connectivity index (χ4v) is 3.79. The number of nitrogens with zero attached hydrogens (tertiary/aromatic N) is 1. The third kappa shape index (κ3) is 3.45. The van der Waals surface area contributed by atoms with Gasteiger partial charge in [-0.05, 0) is 18.2 Å². The molecule has 1 aromatic heterocycles. The molecular weight excluding hydrogens is 360 g/mol. The molecule has 0 saturated carbocycles. The van der Waals surface area contributed by atoms with E-state index in [0.717, 1.165) is 10.1 Å². The standard InChI is InChI=1S/C18H15ClN2O3S/c1-23-13-8-5-6-11(16(13)24-2)10-20-21-18(22)17-15(19)12-7-3-4-9-14(12)25-17/h3-10H,1-2H3,(H,21,22)/b20-10+. The van der Waals surface area contributed by atoms with Gasteiger partial charge in [0.05, 0.1) is 25.5 Å². The number of rotatable bonds is 5. The van der Waals surface area contributed by atoms with Gasteiger partial charge in [0.25, 0.3) is 5.91 Å². The second kappa shape index (κ2) is 7.55. The molecule has 0 saturated heterocycles.